The zero-order valence-corrected chi connectivity index (χ0v) is 16.3. The number of rotatable bonds is 5. The van der Waals surface area contributed by atoms with E-state index in [2.05, 4.69) is 15.3 Å². The first-order valence-electron chi connectivity index (χ1n) is 9.61. The summed E-state index contributed by atoms with van der Waals surface area (Å²) in [6.07, 6.45) is -2.57. The summed E-state index contributed by atoms with van der Waals surface area (Å²) in [4.78, 5) is 15.7. The molecule has 2 fully saturated rings. The highest BCUT2D eigenvalue weighted by Crippen LogP contribution is 2.35. The van der Waals surface area contributed by atoms with Gasteiger partial charge in [0.1, 0.15) is 12.2 Å². The predicted molar refractivity (Wildman–Crippen MR) is 106 cm³/mol. The summed E-state index contributed by atoms with van der Waals surface area (Å²) in [5.41, 5.74) is 10.5. The van der Waals surface area contributed by atoms with Crippen molar-refractivity contribution in [1.29, 1.82) is 0 Å². The van der Waals surface area contributed by atoms with Gasteiger partial charge in [0.25, 0.3) is 5.91 Å². The Morgan fingerprint density at radius 2 is 1.83 bits per heavy atom. The molecular formula is C21H22N4O5. The van der Waals surface area contributed by atoms with Gasteiger partial charge in [-0.05, 0) is 17.7 Å². The second-order valence-electron chi connectivity index (χ2n) is 7.02. The minimum absolute atomic E-state index is 0.237. The van der Waals surface area contributed by atoms with Gasteiger partial charge in [0.05, 0.1) is 18.7 Å². The van der Waals surface area contributed by atoms with E-state index in [4.69, 9.17) is 18.9 Å². The van der Waals surface area contributed by atoms with Crippen LogP contribution in [-0.4, -0.2) is 50.2 Å². The van der Waals surface area contributed by atoms with Gasteiger partial charge in [-0.3, -0.25) is 4.79 Å². The van der Waals surface area contributed by atoms with Crippen LogP contribution in [0.4, 0.5) is 0 Å². The van der Waals surface area contributed by atoms with Gasteiger partial charge >= 0.3 is 0 Å². The molecule has 2 saturated heterocycles. The van der Waals surface area contributed by atoms with Crippen LogP contribution in [0.25, 0.3) is 10.4 Å². The maximum atomic E-state index is 12.7. The molecule has 2 aliphatic heterocycles. The Bertz CT molecular complexity index is 906. The van der Waals surface area contributed by atoms with Gasteiger partial charge in [0, 0.05) is 23.1 Å². The Kier molecular flexibility index (Phi) is 6.27. The Balaban J connectivity index is 1.59. The van der Waals surface area contributed by atoms with Crippen LogP contribution in [0.15, 0.2) is 65.8 Å². The molecule has 2 aliphatic rings. The second kappa shape index (κ2) is 9.25. The summed E-state index contributed by atoms with van der Waals surface area (Å²) in [6, 6.07) is 16.7. The SMILES string of the molecule is CO[C@@H]1O[C@H]2CO[C@H](c3ccccc3)O[C@H]2[C@@H](N=[N+]=[N-])[C@H]1NC(=O)c1ccccc1. The fraction of sp³-hybridized carbons (Fsp3) is 0.381. The highest BCUT2D eigenvalue weighted by molar-refractivity contribution is 5.94. The molecule has 0 aliphatic carbocycles. The number of carbonyl (C=O) groups is 1. The van der Waals surface area contributed by atoms with E-state index in [1.807, 2.05) is 36.4 Å². The van der Waals surface area contributed by atoms with Crippen molar-refractivity contribution in [2.24, 2.45) is 5.11 Å². The summed E-state index contributed by atoms with van der Waals surface area (Å²) in [5, 5.41) is 6.83. The van der Waals surface area contributed by atoms with Gasteiger partial charge < -0.3 is 24.3 Å². The van der Waals surface area contributed by atoms with Crippen molar-refractivity contribution in [2.45, 2.75) is 36.9 Å². The van der Waals surface area contributed by atoms with Gasteiger partial charge in [0.15, 0.2) is 12.6 Å². The average Bonchev–Trinajstić information content (AvgIpc) is 2.81. The molecule has 0 bridgehead atoms. The van der Waals surface area contributed by atoms with Crippen LogP contribution in [0, 0.1) is 0 Å². The van der Waals surface area contributed by atoms with Gasteiger partial charge in [-0.1, -0.05) is 53.6 Å². The fourth-order valence-corrected chi connectivity index (χ4v) is 3.75. The summed E-state index contributed by atoms with van der Waals surface area (Å²) >= 11 is 0. The van der Waals surface area contributed by atoms with Crippen LogP contribution in [0.5, 0.6) is 0 Å². The second-order valence-corrected chi connectivity index (χ2v) is 7.02. The standard InChI is InChI=1S/C21H22N4O5/c1-27-21-17(23-19(26)13-8-4-2-5-9-13)16(24-25-22)18-15(29-21)12-28-20(30-18)14-10-6-3-7-11-14/h2-11,15-18,20-21H,12H2,1H3,(H,23,26)/t15-,16-,17+,18+,20-,21+/m0/s1. The molecule has 2 aromatic rings. The van der Waals surface area contributed by atoms with Gasteiger partial charge in [-0.25, -0.2) is 0 Å². The zero-order valence-electron chi connectivity index (χ0n) is 16.3. The van der Waals surface area contributed by atoms with Crippen molar-refractivity contribution in [3.63, 3.8) is 0 Å². The van der Waals surface area contributed by atoms with Gasteiger partial charge in [-0.2, -0.15) is 0 Å². The number of amides is 1. The van der Waals surface area contributed by atoms with Crippen molar-refractivity contribution in [3.05, 3.63) is 82.2 Å². The molecule has 9 nitrogen and oxygen atoms in total. The molecule has 30 heavy (non-hydrogen) atoms. The Morgan fingerprint density at radius 3 is 2.50 bits per heavy atom. The summed E-state index contributed by atoms with van der Waals surface area (Å²) in [5.74, 6) is -0.325. The maximum Gasteiger partial charge on any atom is 0.251 e. The van der Waals surface area contributed by atoms with E-state index in [9.17, 15) is 10.3 Å². The maximum absolute atomic E-state index is 12.7. The topological polar surface area (TPSA) is 115 Å². The molecule has 1 N–H and O–H groups in total. The predicted octanol–water partition coefficient (Wildman–Crippen LogP) is 2.95. The lowest BCUT2D eigenvalue weighted by atomic mass is 9.93. The van der Waals surface area contributed by atoms with E-state index in [1.165, 1.54) is 7.11 Å². The van der Waals surface area contributed by atoms with Crippen LogP contribution in [0.3, 0.4) is 0 Å². The Morgan fingerprint density at radius 1 is 1.13 bits per heavy atom. The monoisotopic (exact) mass is 410 g/mol. The van der Waals surface area contributed by atoms with E-state index in [0.717, 1.165) is 5.56 Å². The largest absolute Gasteiger partial charge is 0.354 e. The number of nitrogens with one attached hydrogen (secondary N) is 1. The van der Waals surface area contributed by atoms with Gasteiger partial charge in [0.2, 0.25) is 0 Å². The molecule has 0 radical (unpaired) electrons. The smallest absolute Gasteiger partial charge is 0.251 e. The minimum Gasteiger partial charge on any atom is -0.354 e. The zero-order chi connectivity index (χ0) is 20.9. The number of hydrogen-bond donors (Lipinski definition) is 1. The van der Waals surface area contributed by atoms with Crippen LogP contribution >= 0.6 is 0 Å². The van der Waals surface area contributed by atoms with Crippen LogP contribution in [-0.2, 0) is 18.9 Å². The quantitative estimate of drug-likeness (QED) is 0.462. The highest BCUT2D eigenvalue weighted by atomic mass is 16.7. The van der Waals surface area contributed by atoms with Crippen molar-refractivity contribution in [3.8, 4) is 0 Å². The number of azide groups is 1. The first-order chi connectivity index (χ1) is 14.7. The third-order valence-corrected chi connectivity index (χ3v) is 5.19. The number of benzene rings is 2. The summed E-state index contributed by atoms with van der Waals surface area (Å²) < 4.78 is 23.4. The number of ether oxygens (including phenoxy) is 4. The number of methoxy groups -OCH3 is 1. The molecule has 6 atom stereocenters. The lowest BCUT2D eigenvalue weighted by Gasteiger charge is -2.48. The van der Waals surface area contributed by atoms with Crippen LogP contribution in [0.1, 0.15) is 22.2 Å². The number of carbonyl (C=O) groups excluding carboxylic acids is 1. The van der Waals surface area contributed by atoms with Crippen molar-refractivity contribution < 1.29 is 23.7 Å². The van der Waals surface area contributed by atoms with E-state index >= 15 is 0 Å². The molecule has 1 amide bonds. The van der Waals surface area contributed by atoms with E-state index < -0.39 is 36.9 Å². The van der Waals surface area contributed by atoms with E-state index in [0.29, 0.717) is 5.56 Å². The normalized spacial score (nSPS) is 30.6. The molecule has 0 spiro atoms. The minimum atomic E-state index is -0.824. The third-order valence-electron chi connectivity index (χ3n) is 5.19. The van der Waals surface area contributed by atoms with Crippen LogP contribution < -0.4 is 5.32 Å². The summed E-state index contributed by atoms with van der Waals surface area (Å²) in [7, 11) is 1.47. The molecule has 4 rings (SSSR count). The lowest BCUT2D eigenvalue weighted by Crippen LogP contribution is -2.66. The molecule has 9 heteroatoms. The summed E-state index contributed by atoms with van der Waals surface area (Å²) in [6.45, 7) is 0.237. The first-order valence-corrected chi connectivity index (χ1v) is 9.61. The van der Waals surface area contributed by atoms with Crippen LogP contribution in [0.2, 0.25) is 0 Å². The fourth-order valence-electron chi connectivity index (χ4n) is 3.75. The van der Waals surface area contributed by atoms with E-state index in [1.54, 1.807) is 24.3 Å². The van der Waals surface area contributed by atoms with Gasteiger partial charge in [-0.15, -0.1) is 0 Å². The molecular weight excluding hydrogens is 388 g/mol. The molecule has 156 valence electrons. The number of hydrogen-bond acceptors (Lipinski definition) is 6. The molecule has 2 aromatic carbocycles. The number of nitrogens with zero attached hydrogens (tertiary/aromatic N) is 3. The van der Waals surface area contributed by atoms with E-state index in [-0.39, 0.29) is 12.5 Å². The molecule has 2 heterocycles. The average molecular weight is 410 g/mol. The Labute approximate surface area is 173 Å². The van der Waals surface area contributed by atoms with Crippen molar-refractivity contribution in [2.75, 3.05) is 13.7 Å². The van der Waals surface area contributed by atoms with Crippen molar-refractivity contribution >= 4 is 5.91 Å². The Hall–Kier alpha value is -2.94. The lowest BCUT2D eigenvalue weighted by molar-refractivity contribution is -0.322. The third kappa shape index (κ3) is 4.16. The first kappa shape index (κ1) is 20.3. The number of fused-ring (bicyclic) bond motifs is 1. The molecule has 0 unspecified atom stereocenters. The molecule has 0 aromatic heterocycles. The van der Waals surface area contributed by atoms with Crippen molar-refractivity contribution in [1.82, 2.24) is 5.32 Å². The molecule has 0 saturated carbocycles. The highest BCUT2D eigenvalue weighted by Gasteiger charge is 2.50.